The summed E-state index contributed by atoms with van der Waals surface area (Å²) in [5.41, 5.74) is 2.78. The summed E-state index contributed by atoms with van der Waals surface area (Å²) in [4.78, 5) is 12.0. The fraction of sp³-hybridized carbons (Fsp3) is 0.231. The van der Waals surface area contributed by atoms with E-state index >= 15 is 0 Å². The molecule has 2 N–H and O–H groups in total. The van der Waals surface area contributed by atoms with Gasteiger partial charge in [-0.15, -0.1) is 0 Å². The molecule has 2 aromatic rings. The zero-order valence-corrected chi connectivity index (χ0v) is 10.3. The Hall–Kier alpha value is -2.14. The average molecular weight is 245 g/mol. The third-order valence-electron chi connectivity index (χ3n) is 2.85. The largest absolute Gasteiger partial charge is 0.392 e. The lowest BCUT2D eigenvalue weighted by atomic mass is 10.2. The van der Waals surface area contributed by atoms with Gasteiger partial charge in [-0.2, -0.15) is 5.10 Å². The molecule has 1 aromatic carbocycles. The van der Waals surface area contributed by atoms with E-state index in [9.17, 15) is 4.79 Å². The zero-order chi connectivity index (χ0) is 13.1. The molecule has 0 unspecified atom stereocenters. The summed E-state index contributed by atoms with van der Waals surface area (Å²) in [6.45, 7) is 1.79. The SMILES string of the molecule is Cc1c(C(=O)Nc2cccc(CO)c2)cnn1C. The first-order valence-corrected chi connectivity index (χ1v) is 5.61. The molecule has 0 radical (unpaired) electrons. The molecule has 0 spiro atoms. The summed E-state index contributed by atoms with van der Waals surface area (Å²) in [6.07, 6.45) is 1.54. The van der Waals surface area contributed by atoms with E-state index < -0.39 is 0 Å². The van der Waals surface area contributed by atoms with E-state index in [1.54, 1.807) is 42.2 Å². The minimum Gasteiger partial charge on any atom is -0.392 e. The molecule has 0 aliphatic heterocycles. The number of carbonyl (C=O) groups is 1. The van der Waals surface area contributed by atoms with Crippen LogP contribution in [0.5, 0.6) is 0 Å². The molecule has 18 heavy (non-hydrogen) atoms. The molecule has 1 amide bonds. The number of aromatic nitrogens is 2. The van der Waals surface area contributed by atoms with Crippen LogP contribution in [0.15, 0.2) is 30.5 Å². The summed E-state index contributed by atoms with van der Waals surface area (Å²) in [6, 6.07) is 7.11. The first-order chi connectivity index (χ1) is 8.61. The van der Waals surface area contributed by atoms with Crippen LogP contribution in [0.3, 0.4) is 0 Å². The number of nitrogens with one attached hydrogen (secondary N) is 1. The van der Waals surface area contributed by atoms with Gasteiger partial charge in [0.1, 0.15) is 0 Å². The highest BCUT2D eigenvalue weighted by Crippen LogP contribution is 2.13. The second-order valence-corrected chi connectivity index (χ2v) is 4.08. The van der Waals surface area contributed by atoms with E-state index in [-0.39, 0.29) is 12.5 Å². The molecule has 0 aliphatic carbocycles. The molecule has 1 heterocycles. The lowest BCUT2D eigenvalue weighted by molar-refractivity contribution is 0.102. The van der Waals surface area contributed by atoms with Crippen LogP contribution in [0.1, 0.15) is 21.6 Å². The van der Waals surface area contributed by atoms with Gasteiger partial charge in [-0.25, -0.2) is 0 Å². The maximum atomic E-state index is 12.0. The number of rotatable bonds is 3. The Balaban J connectivity index is 2.18. The summed E-state index contributed by atoms with van der Waals surface area (Å²) < 4.78 is 1.65. The standard InChI is InChI=1S/C13H15N3O2/c1-9-12(7-14-16(9)2)13(18)15-11-5-3-4-10(6-11)8-17/h3-7,17H,8H2,1-2H3,(H,15,18). The number of amides is 1. The molecule has 1 aromatic heterocycles. The minimum absolute atomic E-state index is 0.0460. The number of aliphatic hydroxyl groups is 1. The van der Waals surface area contributed by atoms with Gasteiger partial charge in [-0.3, -0.25) is 9.48 Å². The highest BCUT2D eigenvalue weighted by molar-refractivity contribution is 6.04. The van der Waals surface area contributed by atoms with Crippen molar-refractivity contribution in [1.29, 1.82) is 0 Å². The predicted molar refractivity (Wildman–Crippen MR) is 68.3 cm³/mol. The molecule has 0 atom stereocenters. The van der Waals surface area contributed by atoms with Crippen LogP contribution in [0, 0.1) is 6.92 Å². The van der Waals surface area contributed by atoms with Gasteiger partial charge in [0.25, 0.3) is 5.91 Å². The van der Waals surface area contributed by atoms with E-state index in [1.165, 1.54) is 0 Å². The van der Waals surface area contributed by atoms with Crippen molar-refractivity contribution in [1.82, 2.24) is 9.78 Å². The monoisotopic (exact) mass is 245 g/mol. The van der Waals surface area contributed by atoms with Gasteiger partial charge in [0.2, 0.25) is 0 Å². The Morgan fingerprint density at radius 2 is 2.28 bits per heavy atom. The number of benzene rings is 1. The fourth-order valence-electron chi connectivity index (χ4n) is 1.67. The summed E-state index contributed by atoms with van der Waals surface area (Å²) in [7, 11) is 1.79. The van der Waals surface area contributed by atoms with Crippen LogP contribution in [0.4, 0.5) is 5.69 Å². The lowest BCUT2D eigenvalue weighted by Crippen LogP contribution is -2.13. The smallest absolute Gasteiger partial charge is 0.259 e. The van der Waals surface area contributed by atoms with Gasteiger partial charge < -0.3 is 10.4 Å². The van der Waals surface area contributed by atoms with Crippen molar-refractivity contribution < 1.29 is 9.90 Å². The highest BCUT2D eigenvalue weighted by atomic mass is 16.3. The molecule has 0 aliphatic rings. The Morgan fingerprint density at radius 3 is 2.89 bits per heavy atom. The normalized spacial score (nSPS) is 10.4. The second kappa shape index (κ2) is 5.01. The van der Waals surface area contributed by atoms with Crippen LogP contribution in [0.2, 0.25) is 0 Å². The molecule has 5 heteroatoms. The fourth-order valence-corrected chi connectivity index (χ4v) is 1.67. The summed E-state index contributed by atoms with van der Waals surface area (Å²) >= 11 is 0. The van der Waals surface area contributed by atoms with Crippen molar-refractivity contribution in [3.8, 4) is 0 Å². The molecule has 2 rings (SSSR count). The Morgan fingerprint density at radius 1 is 1.50 bits per heavy atom. The van der Waals surface area contributed by atoms with E-state index in [4.69, 9.17) is 5.11 Å². The van der Waals surface area contributed by atoms with Crippen molar-refractivity contribution in [2.24, 2.45) is 7.05 Å². The first-order valence-electron chi connectivity index (χ1n) is 5.61. The Bertz CT molecular complexity index is 575. The van der Waals surface area contributed by atoms with E-state index in [0.29, 0.717) is 11.3 Å². The van der Waals surface area contributed by atoms with E-state index in [0.717, 1.165) is 11.3 Å². The van der Waals surface area contributed by atoms with Gasteiger partial charge in [-0.1, -0.05) is 12.1 Å². The number of hydrogen-bond acceptors (Lipinski definition) is 3. The molecule has 0 saturated heterocycles. The Kier molecular flexibility index (Phi) is 3.43. The van der Waals surface area contributed by atoms with Crippen molar-refractivity contribution in [2.75, 3.05) is 5.32 Å². The maximum Gasteiger partial charge on any atom is 0.259 e. The molecular formula is C13H15N3O2. The molecule has 94 valence electrons. The van der Waals surface area contributed by atoms with Crippen molar-refractivity contribution in [3.05, 3.63) is 47.3 Å². The van der Waals surface area contributed by atoms with Crippen LogP contribution >= 0.6 is 0 Å². The average Bonchev–Trinajstić information content (AvgIpc) is 2.70. The molecule has 0 saturated carbocycles. The van der Waals surface area contributed by atoms with Crippen molar-refractivity contribution in [2.45, 2.75) is 13.5 Å². The van der Waals surface area contributed by atoms with Gasteiger partial charge in [0.05, 0.1) is 18.4 Å². The molecule has 0 fully saturated rings. The topological polar surface area (TPSA) is 67.2 Å². The van der Waals surface area contributed by atoms with E-state index in [1.807, 2.05) is 6.92 Å². The number of aryl methyl sites for hydroxylation is 1. The number of carbonyl (C=O) groups excluding carboxylic acids is 1. The predicted octanol–water partition coefficient (Wildman–Crippen LogP) is 1.47. The van der Waals surface area contributed by atoms with E-state index in [2.05, 4.69) is 10.4 Å². The molecule has 0 bridgehead atoms. The number of anilines is 1. The van der Waals surface area contributed by atoms with Crippen LogP contribution in [-0.4, -0.2) is 20.8 Å². The molecule has 5 nitrogen and oxygen atoms in total. The quantitative estimate of drug-likeness (QED) is 0.860. The number of nitrogens with zero attached hydrogens (tertiary/aromatic N) is 2. The van der Waals surface area contributed by atoms with Gasteiger partial charge in [0, 0.05) is 18.4 Å². The minimum atomic E-state index is -0.198. The zero-order valence-electron chi connectivity index (χ0n) is 10.3. The lowest BCUT2D eigenvalue weighted by Gasteiger charge is -2.06. The molecular weight excluding hydrogens is 230 g/mol. The van der Waals surface area contributed by atoms with Crippen molar-refractivity contribution in [3.63, 3.8) is 0 Å². The number of aliphatic hydroxyl groups excluding tert-OH is 1. The Labute approximate surface area is 105 Å². The third kappa shape index (κ3) is 2.41. The summed E-state index contributed by atoms with van der Waals surface area (Å²) in [5, 5.41) is 15.8. The summed E-state index contributed by atoms with van der Waals surface area (Å²) in [5.74, 6) is -0.198. The van der Waals surface area contributed by atoms with Crippen LogP contribution in [0.25, 0.3) is 0 Å². The first kappa shape index (κ1) is 12.3. The highest BCUT2D eigenvalue weighted by Gasteiger charge is 2.12. The van der Waals surface area contributed by atoms with Gasteiger partial charge >= 0.3 is 0 Å². The van der Waals surface area contributed by atoms with Gasteiger partial charge in [0.15, 0.2) is 0 Å². The second-order valence-electron chi connectivity index (χ2n) is 4.08. The maximum absolute atomic E-state index is 12.0. The number of hydrogen-bond donors (Lipinski definition) is 2. The third-order valence-corrected chi connectivity index (χ3v) is 2.85. The van der Waals surface area contributed by atoms with Gasteiger partial charge in [-0.05, 0) is 24.6 Å². The van der Waals surface area contributed by atoms with Crippen molar-refractivity contribution >= 4 is 11.6 Å². The van der Waals surface area contributed by atoms with Crippen LogP contribution in [-0.2, 0) is 13.7 Å². The van der Waals surface area contributed by atoms with Crippen LogP contribution < -0.4 is 5.32 Å².